The number of aliphatic hydroxyl groups is 2. The number of nitrogens with one attached hydrogen (secondary N) is 2. The van der Waals surface area contributed by atoms with Gasteiger partial charge in [0.15, 0.2) is 17.7 Å². The third kappa shape index (κ3) is 13.2. The average Bonchev–Trinajstić information content (AvgIpc) is 3.68. The molecule has 3 heterocycles. The number of phosphoric acid groups is 3. The van der Waals surface area contributed by atoms with E-state index in [9.17, 15) is 57.9 Å². The summed E-state index contributed by atoms with van der Waals surface area (Å²) in [5.41, 5.74) is 5.06. The molecule has 314 valence electrons. The molecule has 24 nitrogen and oxygen atoms in total. The van der Waals surface area contributed by atoms with Crippen molar-refractivity contribution in [1.29, 1.82) is 0 Å². The van der Waals surface area contributed by atoms with Gasteiger partial charge in [-0.15, -0.1) is 0 Å². The highest BCUT2D eigenvalue weighted by Crippen LogP contribution is 2.61. The van der Waals surface area contributed by atoms with Gasteiger partial charge in [-0.2, -0.15) is 4.31 Å². The summed E-state index contributed by atoms with van der Waals surface area (Å²) >= 11 is 1.11. The topological polar surface area (TPSA) is 364 Å². The van der Waals surface area contributed by atoms with Crippen molar-refractivity contribution in [2.24, 2.45) is 5.41 Å². The van der Waals surface area contributed by atoms with E-state index in [4.69, 9.17) is 19.5 Å². The predicted molar refractivity (Wildman–Crippen MR) is 194 cm³/mol. The largest absolute Gasteiger partial charge is 0.481 e. The highest BCUT2D eigenvalue weighted by molar-refractivity contribution is 8.14. The van der Waals surface area contributed by atoms with Gasteiger partial charge in [-0.3, -0.25) is 32.5 Å². The SMILES string of the molecule is CC(C)(COP(=O)(O)OP(=O)(O)OC[C@H]1O[C@@H](n2cnc3c(N)ncnc32)[C@H](O)[C@@H]1OP(=O)(O)O)C(O)C(=O)NCCC(=O)NCCSC(=O)C1=CCCCC1. The molecule has 0 bridgehead atoms. The summed E-state index contributed by atoms with van der Waals surface area (Å²) in [4.78, 5) is 87.9. The van der Waals surface area contributed by atoms with Crippen molar-refractivity contribution in [1.82, 2.24) is 30.2 Å². The van der Waals surface area contributed by atoms with Gasteiger partial charge < -0.3 is 50.9 Å². The van der Waals surface area contributed by atoms with Gasteiger partial charge in [0.1, 0.15) is 36.3 Å². The molecule has 0 saturated carbocycles. The fraction of sp³-hybridized carbons (Fsp3) is 0.643. The predicted octanol–water partition coefficient (Wildman–Crippen LogP) is 0.165. The number of carbonyl (C=O) groups excluding carboxylic acids is 3. The van der Waals surface area contributed by atoms with Crippen LogP contribution in [-0.2, 0) is 50.7 Å². The highest BCUT2D eigenvalue weighted by Gasteiger charge is 2.50. The molecule has 1 saturated heterocycles. The molecule has 1 aliphatic heterocycles. The molecule has 1 fully saturated rings. The number of rotatable bonds is 20. The van der Waals surface area contributed by atoms with Crippen LogP contribution in [0.2, 0.25) is 0 Å². The summed E-state index contributed by atoms with van der Waals surface area (Å²) < 4.78 is 62.1. The van der Waals surface area contributed by atoms with Gasteiger partial charge in [-0.25, -0.2) is 28.6 Å². The van der Waals surface area contributed by atoms with Gasteiger partial charge in [0.05, 0.1) is 19.5 Å². The Hall–Kier alpha value is -2.70. The molecule has 2 aromatic heterocycles. The molecular weight excluding hydrogens is 831 g/mol. The van der Waals surface area contributed by atoms with E-state index >= 15 is 0 Å². The fourth-order valence-electron chi connectivity index (χ4n) is 5.39. The normalized spacial score (nSPS) is 23.2. The second-order valence-electron chi connectivity index (χ2n) is 13.2. The van der Waals surface area contributed by atoms with Crippen LogP contribution in [-0.4, -0.2) is 123 Å². The number of nitrogens with zero attached hydrogens (tertiary/aromatic N) is 4. The van der Waals surface area contributed by atoms with Crippen LogP contribution in [0.4, 0.5) is 5.82 Å². The van der Waals surface area contributed by atoms with E-state index in [0.29, 0.717) is 5.75 Å². The summed E-state index contributed by atoms with van der Waals surface area (Å²) in [5.74, 6) is -1.07. The van der Waals surface area contributed by atoms with Gasteiger partial charge in [0, 0.05) is 36.3 Å². The lowest BCUT2D eigenvalue weighted by Crippen LogP contribution is -2.46. The van der Waals surface area contributed by atoms with Crippen LogP contribution in [0, 0.1) is 5.41 Å². The van der Waals surface area contributed by atoms with Gasteiger partial charge in [-0.05, 0) is 25.7 Å². The number of amides is 2. The summed E-state index contributed by atoms with van der Waals surface area (Å²) in [5, 5.41) is 26.4. The number of fused-ring (bicyclic) bond motifs is 1. The van der Waals surface area contributed by atoms with Crippen molar-refractivity contribution in [3.8, 4) is 0 Å². The zero-order valence-electron chi connectivity index (χ0n) is 30.0. The van der Waals surface area contributed by atoms with E-state index in [2.05, 4.69) is 34.4 Å². The molecule has 7 atom stereocenters. The van der Waals surface area contributed by atoms with Crippen LogP contribution in [0.3, 0.4) is 0 Å². The number of nitrogens with two attached hydrogens (primary N) is 1. The number of hydrogen-bond acceptors (Lipinski definition) is 18. The van der Waals surface area contributed by atoms with E-state index in [0.717, 1.165) is 60.2 Å². The molecule has 3 unspecified atom stereocenters. The number of nitrogen functional groups attached to an aromatic ring is 1. The zero-order chi connectivity index (χ0) is 41.5. The van der Waals surface area contributed by atoms with Gasteiger partial charge in [0.25, 0.3) is 0 Å². The standard InChI is InChI=1S/C28H44N7O17P3S/c1-28(2,22(38)25(39)31-9-8-18(36)30-10-11-56-27(40)16-6-4-3-5-7-16)13-49-55(46,47)52-54(44,45)48-12-17-21(51-53(41,42)43)20(37)26(50-17)35-15-34-19-23(29)32-14-33-24(19)35/h6,14-15,17,20-22,26,37-38H,3-5,7-13H2,1-2H3,(H,30,36)(H,31,39)(H,44,45)(H,46,47)(H2,29,32,33)(H2,41,42,43)/t17-,20-,21-,22?,26-/m1/s1. The molecule has 4 rings (SSSR count). The maximum absolute atomic E-state index is 12.7. The number of aromatic nitrogens is 4. The minimum Gasteiger partial charge on any atom is -0.386 e. The molecule has 10 N–H and O–H groups in total. The Morgan fingerprint density at radius 1 is 1.07 bits per heavy atom. The molecule has 0 radical (unpaired) electrons. The summed E-state index contributed by atoms with van der Waals surface area (Å²) in [6.45, 7) is 0.535. The maximum Gasteiger partial charge on any atom is 0.481 e. The Morgan fingerprint density at radius 3 is 2.46 bits per heavy atom. The van der Waals surface area contributed by atoms with Crippen molar-refractivity contribution in [3.63, 3.8) is 0 Å². The summed E-state index contributed by atoms with van der Waals surface area (Å²) in [6.07, 6.45) is -1.30. The molecule has 28 heteroatoms. The first-order chi connectivity index (χ1) is 26.1. The van der Waals surface area contributed by atoms with Crippen molar-refractivity contribution in [2.45, 2.75) is 76.6 Å². The van der Waals surface area contributed by atoms with E-state index < -0.39 is 84.6 Å². The average molecular weight is 876 g/mol. The molecule has 2 aromatic rings. The molecule has 2 aliphatic rings. The van der Waals surface area contributed by atoms with Crippen LogP contribution in [0.5, 0.6) is 0 Å². The minimum atomic E-state index is -5.57. The quantitative estimate of drug-likeness (QED) is 0.0632. The van der Waals surface area contributed by atoms with Gasteiger partial charge in [0.2, 0.25) is 16.9 Å². The van der Waals surface area contributed by atoms with Crippen molar-refractivity contribution >= 4 is 69.1 Å². The third-order valence-electron chi connectivity index (χ3n) is 8.29. The second-order valence-corrected chi connectivity index (χ2v) is 18.5. The highest BCUT2D eigenvalue weighted by atomic mass is 32.2. The van der Waals surface area contributed by atoms with E-state index in [1.54, 1.807) is 0 Å². The first-order valence-corrected chi connectivity index (χ1v) is 22.3. The van der Waals surface area contributed by atoms with Crippen LogP contribution >= 0.6 is 35.2 Å². The van der Waals surface area contributed by atoms with Crippen LogP contribution in [0.25, 0.3) is 11.2 Å². The minimum absolute atomic E-state index is 0.0177. The molecule has 56 heavy (non-hydrogen) atoms. The number of ether oxygens (including phenoxy) is 1. The lowest BCUT2D eigenvalue weighted by molar-refractivity contribution is -0.137. The smallest absolute Gasteiger partial charge is 0.386 e. The van der Waals surface area contributed by atoms with Crippen LogP contribution < -0.4 is 16.4 Å². The molecule has 1 aliphatic carbocycles. The van der Waals surface area contributed by atoms with Gasteiger partial charge >= 0.3 is 23.5 Å². The number of phosphoric ester groups is 3. The van der Waals surface area contributed by atoms with Gasteiger partial charge in [-0.1, -0.05) is 31.7 Å². The second kappa shape index (κ2) is 19.4. The Balaban J connectivity index is 1.23. The lowest BCUT2D eigenvalue weighted by Gasteiger charge is -2.30. The number of aliphatic hydroxyl groups excluding tert-OH is 2. The first-order valence-electron chi connectivity index (χ1n) is 16.8. The van der Waals surface area contributed by atoms with E-state index in [-0.39, 0.29) is 41.6 Å². The Morgan fingerprint density at radius 2 is 1.79 bits per heavy atom. The van der Waals surface area contributed by atoms with E-state index in [1.807, 2.05) is 6.08 Å². The molecule has 2 amide bonds. The van der Waals surface area contributed by atoms with E-state index in [1.165, 1.54) is 13.8 Å². The van der Waals surface area contributed by atoms with Crippen LogP contribution in [0.15, 0.2) is 24.3 Å². The van der Waals surface area contributed by atoms with Crippen LogP contribution in [0.1, 0.15) is 52.2 Å². The number of hydrogen-bond donors (Lipinski definition) is 9. The van der Waals surface area contributed by atoms with Crippen molar-refractivity contribution < 1.29 is 80.5 Å². The maximum atomic E-state index is 12.7. The Kier molecular flexibility index (Phi) is 15.9. The third-order valence-corrected chi connectivity index (χ3v) is 12.3. The number of imidazole rings is 1. The monoisotopic (exact) mass is 875 g/mol. The molecule has 0 aromatic carbocycles. The number of carbonyl (C=O) groups is 3. The summed E-state index contributed by atoms with van der Waals surface area (Å²) in [6, 6.07) is 0. The molecular formula is C28H44N7O17P3S. The zero-order valence-corrected chi connectivity index (χ0v) is 33.5. The van der Waals surface area contributed by atoms with Crippen molar-refractivity contribution in [2.75, 3.05) is 37.8 Å². The Labute approximate surface area is 323 Å². The number of anilines is 1. The number of allylic oxidation sites excluding steroid dienone is 1. The number of thioether (sulfide) groups is 1. The lowest BCUT2D eigenvalue weighted by atomic mass is 9.87. The molecule has 0 spiro atoms. The Bertz CT molecular complexity index is 1910. The first kappa shape index (κ1) is 46.0. The summed E-state index contributed by atoms with van der Waals surface area (Å²) in [7, 11) is -16.4. The fourth-order valence-corrected chi connectivity index (χ4v) is 8.98. The van der Waals surface area contributed by atoms with Crippen molar-refractivity contribution in [3.05, 3.63) is 24.3 Å².